The summed E-state index contributed by atoms with van der Waals surface area (Å²) < 4.78 is -0.859. The molecular weight excluding hydrogens is 245 g/mol. The lowest BCUT2D eigenvalue weighted by Crippen LogP contribution is -2.17. The van der Waals surface area contributed by atoms with Crippen LogP contribution in [0.2, 0.25) is 0 Å². The third kappa shape index (κ3) is 2.18. The number of carbonyl (C=O) groups excluding carboxylic acids is 1. The molecule has 1 aliphatic carbocycles. The van der Waals surface area contributed by atoms with Crippen molar-refractivity contribution in [1.82, 2.24) is 0 Å². The van der Waals surface area contributed by atoms with Crippen LogP contribution in [-0.2, 0) is 4.79 Å². The number of nitrogens with one attached hydrogen (secondary N) is 1. The number of benzene rings is 1. The van der Waals surface area contributed by atoms with Gasteiger partial charge >= 0.3 is 0 Å². The van der Waals surface area contributed by atoms with Gasteiger partial charge in [0.2, 0.25) is 5.91 Å². The van der Waals surface area contributed by atoms with Gasteiger partial charge in [0.25, 0.3) is 0 Å². The number of aryl methyl sites for hydroxylation is 1. The third-order valence-electron chi connectivity index (χ3n) is 3.00. The number of hydrogen-bond acceptors (Lipinski definition) is 1. The second-order valence-corrected chi connectivity index (χ2v) is 5.80. The first-order valence-electron chi connectivity index (χ1n) is 5.17. The van der Waals surface area contributed by atoms with E-state index < -0.39 is 4.33 Å². The van der Waals surface area contributed by atoms with Crippen LogP contribution in [0.25, 0.3) is 0 Å². The van der Waals surface area contributed by atoms with E-state index in [1.54, 1.807) is 0 Å². The molecule has 1 aromatic carbocycles. The van der Waals surface area contributed by atoms with Crippen molar-refractivity contribution >= 4 is 34.8 Å². The zero-order chi connectivity index (χ0) is 11.9. The van der Waals surface area contributed by atoms with Crippen molar-refractivity contribution in [1.29, 1.82) is 0 Å². The molecule has 1 aromatic rings. The molecule has 16 heavy (non-hydrogen) atoms. The van der Waals surface area contributed by atoms with E-state index >= 15 is 0 Å². The van der Waals surface area contributed by atoms with Gasteiger partial charge < -0.3 is 5.32 Å². The van der Waals surface area contributed by atoms with Crippen LogP contribution >= 0.6 is 23.2 Å². The van der Waals surface area contributed by atoms with Crippen LogP contribution in [-0.4, -0.2) is 10.2 Å². The van der Waals surface area contributed by atoms with E-state index in [0.29, 0.717) is 6.42 Å². The van der Waals surface area contributed by atoms with Gasteiger partial charge in [-0.05, 0) is 37.5 Å². The van der Waals surface area contributed by atoms with Gasteiger partial charge in [0.05, 0.1) is 5.92 Å². The Morgan fingerprint density at radius 1 is 1.44 bits per heavy atom. The smallest absolute Gasteiger partial charge is 0.230 e. The lowest BCUT2D eigenvalue weighted by molar-refractivity contribution is -0.117. The summed E-state index contributed by atoms with van der Waals surface area (Å²) in [6.07, 6.45) is 0.535. The number of hydrogen-bond donors (Lipinski definition) is 1. The molecule has 1 fully saturated rings. The van der Waals surface area contributed by atoms with Crippen LogP contribution in [0.4, 0.5) is 5.69 Å². The van der Waals surface area contributed by atoms with Crippen molar-refractivity contribution in [2.75, 3.05) is 5.32 Å². The molecule has 0 bridgehead atoms. The topological polar surface area (TPSA) is 29.1 Å². The maximum atomic E-state index is 11.8. The molecule has 86 valence electrons. The van der Waals surface area contributed by atoms with E-state index in [9.17, 15) is 4.79 Å². The van der Waals surface area contributed by atoms with Crippen LogP contribution in [0.3, 0.4) is 0 Å². The van der Waals surface area contributed by atoms with Gasteiger partial charge in [0.1, 0.15) is 4.33 Å². The maximum absolute atomic E-state index is 11.8. The highest BCUT2D eigenvalue weighted by Gasteiger charge is 2.56. The van der Waals surface area contributed by atoms with Crippen molar-refractivity contribution in [3.8, 4) is 0 Å². The van der Waals surface area contributed by atoms with Crippen LogP contribution in [0.15, 0.2) is 18.2 Å². The normalized spacial score (nSPS) is 21.6. The molecule has 0 saturated heterocycles. The molecule has 1 amide bonds. The molecule has 1 atom stereocenters. The fraction of sp³-hybridized carbons (Fsp3) is 0.417. The molecule has 1 unspecified atom stereocenters. The number of halogens is 2. The number of amides is 1. The average molecular weight is 258 g/mol. The molecule has 0 aliphatic heterocycles. The number of carbonyl (C=O) groups is 1. The van der Waals surface area contributed by atoms with E-state index in [1.807, 2.05) is 32.0 Å². The van der Waals surface area contributed by atoms with Crippen molar-refractivity contribution in [2.45, 2.75) is 24.6 Å². The summed E-state index contributed by atoms with van der Waals surface area (Å²) in [6.45, 7) is 3.99. The highest BCUT2D eigenvalue weighted by molar-refractivity contribution is 6.52. The molecule has 2 nitrogen and oxygen atoms in total. The Balaban J connectivity index is 2.10. The fourth-order valence-electron chi connectivity index (χ4n) is 1.60. The quantitative estimate of drug-likeness (QED) is 0.809. The summed E-state index contributed by atoms with van der Waals surface area (Å²) in [7, 11) is 0. The van der Waals surface area contributed by atoms with Gasteiger partial charge in [0, 0.05) is 5.69 Å². The van der Waals surface area contributed by atoms with E-state index in [1.165, 1.54) is 0 Å². The van der Waals surface area contributed by atoms with Crippen LogP contribution in [0.1, 0.15) is 17.5 Å². The van der Waals surface area contributed by atoms with Gasteiger partial charge in [-0.15, -0.1) is 23.2 Å². The van der Waals surface area contributed by atoms with E-state index in [4.69, 9.17) is 23.2 Å². The molecule has 1 N–H and O–H groups in total. The highest BCUT2D eigenvalue weighted by atomic mass is 35.5. The first-order chi connectivity index (χ1) is 7.42. The van der Waals surface area contributed by atoms with Gasteiger partial charge in [0.15, 0.2) is 0 Å². The van der Waals surface area contributed by atoms with Gasteiger partial charge in [-0.25, -0.2) is 0 Å². The second-order valence-electron chi connectivity index (χ2n) is 4.25. The molecule has 1 aliphatic rings. The van der Waals surface area contributed by atoms with E-state index in [0.717, 1.165) is 16.8 Å². The molecule has 2 rings (SSSR count). The molecule has 0 aromatic heterocycles. The SMILES string of the molecule is Cc1cccc(NC(=O)C2CC2(Cl)Cl)c1C. The van der Waals surface area contributed by atoms with Crippen molar-refractivity contribution in [3.63, 3.8) is 0 Å². The number of alkyl halides is 2. The highest BCUT2D eigenvalue weighted by Crippen LogP contribution is 2.53. The predicted octanol–water partition coefficient (Wildman–Crippen LogP) is 3.44. The Morgan fingerprint density at radius 3 is 2.62 bits per heavy atom. The zero-order valence-corrected chi connectivity index (χ0v) is 10.7. The summed E-state index contributed by atoms with van der Waals surface area (Å²) >= 11 is 11.7. The van der Waals surface area contributed by atoms with Gasteiger partial charge in [-0.1, -0.05) is 12.1 Å². The molecule has 1 saturated carbocycles. The standard InChI is InChI=1S/C12H13Cl2NO/c1-7-4-3-5-10(8(7)2)15-11(16)9-6-12(9,13)14/h3-5,9H,6H2,1-2H3,(H,15,16). The fourth-order valence-corrected chi connectivity index (χ4v) is 2.11. The van der Waals surface area contributed by atoms with E-state index in [-0.39, 0.29) is 11.8 Å². The maximum Gasteiger partial charge on any atom is 0.230 e. The van der Waals surface area contributed by atoms with E-state index in [2.05, 4.69) is 5.32 Å². The largest absolute Gasteiger partial charge is 0.326 e. The lowest BCUT2D eigenvalue weighted by Gasteiger charge is -2.10. The van der Waals surface area contributed by atoms with Crippen molar-refractivity contribution in [3.05, 3.63) is 29.3 Å². The first-order valence-corrected chi connectivity index (χ1v) is 5.92. The average Bonchev–Trinajstić information content (AvgIpc) is 2.83. The van der Waals surface area contributed by atoms with Gasteiger partial charge in [-0.2, -0.15) is 0 Å². The lowest BCUT2D eigenvalue weighted by atomic mass is 10.1. The molecule has 4 heteroatoms. The number of rotatable bonds is 2. The zero-order valence-electron chi connectivity index (χ0n) is 9.18. The van der Waals surface area contributed by atoms with Crippen molar-refractivity contribution in [2.24, 2.45) is 5.92 Å². The third-order valence-corrected chi connectivity index (χ3v) is 3.84. The second kappa shape index (κ2) is 3.94. The summed E-state index contributed by atoms with van der Waals surface area (Å²) in [4.78, 5) is 11.8. The predicted molar refractivity (Wildman–Crippen MR) is 67.1 cm³/mol. The molecule has 0 radical (unpaired) electrons. The van der Waals surface area contributed by atoms with Crippen LogP contribution in [0, 0.1) is 19.8 Å². The van der Waals surface area contributed by atoms with Crippen molar-refractivity contribution < 1.29 is 4.79 Å². The summed E-state index contributed by atoms with van der Waals surface area (Å²) in [5.41, 5.74) is 3.06. The monoisotopic (exact) mass is 257 g/mol. The molecule has 0 spiro atoms. The minimum Gasteiger partial charge on any atom is -0.326 e. The minimum atomic E-state index is -0.859. The Kier molecular flexibility index (Phi) is 2.89. The Labute approximate surface area is 105 Å². The summed E-state index contributed by atoms with van der Waals surface area (Å²) in [5.74, 6) is -0.380. The Bertz CT molecular complexity index is 443. The van der Waals surface area contributed by atoms with Crippen LogP contribution in [0.5, 0.6) is 0 Å². The molecule has 0 heterocycles. The molecular formula is C12H13Cl2NO. The number of anilines is 1. The Hall–Kier alpha value is -0.730. The summed E-state index contributed by atoms with van der Waals surface area (Å²) in [6, 6.07) is 5.81. The minimum absolute atomic E-state index is 0.0984. The van der Waals surface area contributed by atoms with Gasteiger partial charge in [-0.3, -0.25) is 4.79 Å². The summed E-state index contributed by atoms with van der Waals surface area (Å²) in [5, 5.41) is 2.86. The first kappa shape index (κ1) is 11.7. The Morgan fingerprint density at radius 2 is 2.06 bits per heavy atom. The van der Waals surface area contributed by atoms with Crippen LogP contribution < -0.4 is 5.32 Å².